The van der Waals surface area contributed by atoms with Crippen LogP contribution in [0, 0.1) is 0 Å². The number of nitrogens with zero attached hydrogens (tertiary/aromatic N) is 5. The molecule has 1 aliphatic heterocycles. The van der Waals surface area contributed by atoms with Gasteiger partial charge in [0.2, 0.25) is 0 Å². The Balaban J connectivity index is 1.42. The molecule has 3 heterocycles. The number of benzene rings is 2. The lowest BCUT2D eigenvalue weighted by Crippen LogP contribution is -2.49. The van der Waals surface area contributed by atoms with Gasteiger partial charge in [-0.15, -0.1) is 0 Å². The van der Waals surface area contributed by atoms with E-state index in [0.29, 0.717) is 74.0 Å². The number of hydrogen-bond acceptors (Lipinski definition) is 7. The van der Waals surface area contributed by atoms with E-state index in [9.17, 15) is 31.1 Å². The van der Waals surface area contributed by atoms with Crippen LogP contribution in [0.3, 0.4) is 0 Å². The number of halogens is 6. The molecule has 0 spiro atoms. The minimum atomic E-state index is -4.62. The smallest absolute Gasteiger partial charge is 0.418 e. The summed E-state index contributed by atoms with van der Waals surface area (Å²) in [5, 5.41) is 3.51. The number of amides is 1. The quantitative estimate of drug-likeness (QED) is 0.206. The molecule has 0 saturated carbocycles. The van der Waals surface area contributed by atoms with Crippen molar-refractivity contribution in [3.05, 3.63) is 77.7 Å². The van der Waals surface area contributed by atoms with E-state index in [1.54, 1.807) is 11.0 Å². The van der Waals surface area contributed by atoms with Crippen molar-refractivity contribution in [3.63, 3.8) is 0 Å². The normalized spacial score (nSPS) is 14.5. The first-order chi connectivity index (χ1) is 21.4. The number of anilines is 2. The maximum Gasteiger partial charge on any atom is 0.418 e. The van der Waals surface area contributed by atoms with Crippen molar-refractivity contribution in [2.24, 2.45) is 0 Å². The third-order valence-corrected chi connectivity index (χ3v) is 7.32. The minimum Gasteiger partial charge on any atom is -0.449 e. The lowest BCUT2D eigenvalue weighted by molar-refractivity contribution is -0.138. The molecule has 0 radical (unpaired) electrons. The second-order valence-electron chi connectivity index (χ2n) is 10.5. The highest BCUT2D eigenvalue weighted by Gasteiger charge is 2.34. The summed E-state index contributed by atoms with van der Waals surface area (Å²) >= 11 is 0. The Kier molecular flexibility index (Phi) is 9.42. The summed E-state index contributed by atoms with van der Waals surface area (Å²) in [6.45, 7) is 5.03. The second-order valence-corrected chi connectivity index (χ2v) is 10.5. The standard InChI is InChI=1S/C31H30F6N6O2/c1-2-18-45-29(44)43-16-14-42(15-17-43)13-11-26-40-25-19-20(27-24(31(35,36)37)4-3-12-38-27)5-10-23(25)28(41-26)39-22-8-6-21(7-9-22)30(32,33)34/h3-10,12,19H,2,11,13-18H2,1H3,(H,39,40,41). The summed E-state index contributed by atoms with van der Waals surface area (Å²) in [7, 11) is 0. The van der Waals surface area contributed by atoms with Gasteiger partial charge < -0.3 is 15.0 Å². The highest BCUT2D eigenvalue weighted by atomic mass is 19.4. The van der Waals surface area contributed by atoms with Gasteiger partial charge in [0.05, 0.1) is 28.9 Å². The Bertz CT molecular complexity index is 1640. The number of ether oxygens (including phenoxy) is 1. The zero-order valence-corrected chi connectivity index (χ0v) is 24.3. The van der Waals surface area contributed by atoms with E-state index >= 15 is 0 Å². The molecule has 0 atom stereocenters. The van der Waals surface area contributed by atoms with Crippen LogP contribution in [0.5, 0.6) is 0 Å². The molecule has 1 saturated heterocycles. The number of alkyl halides is 6. The first kappa shape index (κ1) is 31.9. The Labute approximate surface area is 255 Å². The predicted octanol–water partition coefficient (Wildman–Crippen LogP) is 7.18. The first-order valence-electron chi connectivity index (χ1n) is 14.3. The van der Waals surface area contributed by atoms with E-state index < -0.39 is 23.5 Å². The topological polar surface area (TPSA) is 83.5 Å². The molecule has 1 N–H and O–H groups in total. The number of hydrogen-bond donors (Lipinski definition) is 1. The van der Waals surface area contributed by atoms with Crippen molar-refractivity contribution >= 4 is 28.5 Å². The molecule has 8 nitrogen and oxygen atoms in total. The molecule has 1 fully saturated rings. The van der Waals surface area contributed by atoms with Crippen LogP contribution in [0.2, 0.25) is 0 Å². The number of carbonyl (C=O) groups excluding carboxylic acids is 1. The average molecular weight is 633 g/mol. The fraction of sp³-hybridized carbons (Fsp3) is 0.355. The van der Waals surface area contributed by atoms with Crippen molar-refractivity contribution in [2.75, 3.05) is 44.6 Å². The average Bonchev–Trinajstić information content (AvgIpc) is 3.02. The monoisotopic (exact) mass is 632 g/mol. The van der Waals surface area contributed by atoms with Gasteiger partial charge in [-0.3, -0.25) is 9.88 Å². The highest BCUT2D eigenvalue weighted by Crippen LogP contribution is 2.37. The number of rotatable bonds is 8. The first-order valence-corrected chi connectivity index (χ1v) is 14.3. The van der Waals surface area contributed by atoms with Gasteiger partial charge in [0.1, 0.15) is 11.6 Å². The number of pyridine rings is 1. The third kappa shape index (κ3) is 7.80. The molecule has 0 bridgehead atoms. The van der Waals surface area contributed by atoms with E-state index in [1.807, 2.05) is 6.92 Å². The maximum absolute atomic E-state index is 13.7. The van der Waals surface area contributed by atoms with Crippen molar-refractivity contribution in [3.8, 4) is 11.3 Å². The summed E-state index contributed by atoms with van der Waals surface area (Å²) < 4.78 is 85.7. The summed E-state index contributed by atoms with van der Waals surface area (Å²) in [6, 6.07) is 11.2. The van der Waals surface area contributed by atoms with E-state index in [1.165, 1.54) is 36.5 Å². The zero-order valence-electron chi connectivity index (χ0n) is 24.3. The molecule has 4 aromatic rings. The molecule has 0 aliphatic carbocycles. The number of carbonyl (C=O) groups is 1. The number of nitrogens with one attached hydrogen (secondary N) is 1. The molecule has 1 aliphatic rings. The van der Waals surface area contributed by atoms with Crippen molar-refractivity contribution in [2.45, 2.75) is 32.1 Å². The number of piperazine rings is 1. The van der Waals surface area contributed by atoms with Gasteiger partial charge >= 0.3 is 18.4 Å². The summed E-state index contributed by atoms with van der Waals surface area (Å²) in [5.74, 6) is 0.678. The second kappa shape index (κ2) is 13.3. The zero-order chi connectivity index (χ0) is 32.2. The molecule has 0 unspecified atom stereocenters. The molecule has 1 amide bonds. The molecular weight excluding hydrogens is 602 g/mol. The van der Waals surface area contributed by atoms with E-state index in [0.717, 1.165) is 24.6 Å². The maximum atomic E-state index is 13.7. The fourth-order valence-corrected chi connectivity index (χ4v) is 4.97. The largest absolute Gasteiger partial charge is 0.449 e. The van der Waals surface area contributed by atoms with Crippen molar-refractivity contribution in [1.82, 2.24) is 24.8 Å². The van der Waals surface area contributed by atoms with Gasteiger partial charge in [0.25, 0.3) is 0 Å². The van der Waals surface area contributed by atoms with Gasteiger partial charge in [-0.25, -0.2) is 14.8 Å². The fourth-order valence-electron chi connectivity index (χ4n) is 4.97. The molecular formula is C31H30F6N6O2. The van der Waals surface area contributed by atoms with Crippen LogP contribution in [0.1, 0.15) is 30.3 Å². The Morgan fingerprint density at radius 3 is 2.33 bits per heavy atom. The van der Waals surface area contributed by atoms with Crippen LogP contribution < -0.4 is 5.32 Å². The van der Waals surface area contributed by atoms with Gasteiger partial charge in [0.15, 0.2) is 0 Å². The predicted molar refractivity (Wildman–Crippen MR) is 156 cm³/mol. The van der Waals surface area contributed by atoms with Crippen LogP contribution in [0.15, 0.2) is 60.8 Å². The Hall–Kier alpha value is -4.46. The van der Waals surface area contributed by atoms with Crippen LogP contribution in [0.25, 0.3) is 22.2 Å². The Morgan fingerprint density at radius 2 is 1.67 bits per heavy atom. The molecule has 238 valence electrons. The van der Waals surface area contributed by atoms with E-state index in [4.69, 9.17) is 4.74 Å². The van der Waals surface area contributed by atoms with Crippen LogP contribution >= 0.6 is 0 Å². The van der Waals surface area contributed by atoms with E-state index in [-0.39, 0.29) is 17.4 Å². The lowest BCUT2D eigenvalue weighted by atomic mass is 10.0. The van der Waals surface area contributed by atoms with Crippen LogP contribution in [0.4, 0.5) is 42.6 Å². The molecule has 5 rings (SSSR count). The summed E-state index contributed by atoms with van der Waals surface area (Å²) in [6.07, 6.45) is -7.07. The minimum absolute atomic E-state index is 0.201. The number of fused-ring (bicyclic) bond motifs is 1. The summed E-state index contributed by atoms with van der Waals surface area (Å²) in [5.41, 5.74) is -1.06. The lowest BCUT2D eigenvalue weighted by Gasteiger charge is -2.33. The SMILES string of the molecule is CCCOC(=O)N1CCN(CCc2nc(Nc3ccc(C(F)(F)F)cc3)c3ccc(-c4ncccc4C(F)(F)F)cc3n2)CC1. The van der Waals surface area contributed by atoms with Gasteiger partial charge in [-0.1, -0.05) is 13.0 Å². The van der Waals surface area contributed by atoms with Gasteiger partial charge in [-0.05, 0) is 55.0 Å². The molecule has 14 heteroatoms. The third-order valence-electron chi connectivity index (χ3n) is 7.32. The highest BCUT2D eigenvalue weighted by molar-refractivity contribution is 5.93. The molecule has 2 aromatic heterocycles. The van der Waals surface area contributed by atoms with Crippen LogP contribution in [-0.4, -0.2) is 70.2 Å². The van der Waals surface area contributed by atoms with Gasteiger partial charge in [-0.2, -0.15) is 26.3 Å². The van der Waals surface area contributed by atoms with Gasteiger partial charge in [0, 0.05) is 62.0 Å². The van der Waals surface area contributed by atoms with Crippen molar-refractivity contribution < 1.29 is 35.9 Å². The number of aromatic nitrogens is 3. The Morgan fingerprint density at radius 1 is 0.933 bits per heavy atom. The summed E-state index contributed by atoms with van der Waals surface area (Å²) in [4.78, 5) is 29.2. The van der Waals surface area contributed by atoms with E-state index in [2.05, 4.69) is 25.2 Å². The molecule has 2 aromatic carbocycles. The molecule has 45 heavy (non-hydrogen) atoms. The van der Waals surface area contributed by atoms with Crippen LogP contribution in [-0.2, 0) is 23.5 Å². The van der Waals surface area contributed by atoms with Crippen molar-refractivity contribution in [1.29, 1.82) is 0 Å².